The molecule has 0 radical (unpaired) electrons. The number of nitrogens with zero attached hydrogens (tertiary/aromatic N) is 1. The van der Waals surface area contributed by atoms with Crippen LogP contribution in [0.4, 0.5) is 4.39 Å². The summed E-state index contributed by atoms with van der Waals surface area (Å²) in [5.41, 5.74) is 0.733. The van der Waals surface area contributed by atoms with E-state index in [2.05, 4.69) is 31.1 Å². The van der Waals surface area contributed by atoms with Crippen molar-refractivity contribution < 1.29 is 9.18 Å². The summed E-state index contributed by atoms with van der Waals surface area (Å²) in [4.78, 5) is 16.5. The Hall–Kier alpha value is -1.71. The van der Waals surface area contributed by atoms with Crippen molar-refractivity contribution >= 4 is 11.6 Å². The third kappa shape index (κ3) is 3.65. The number of nitrogens with one attached hydrogen (secondary N) is 1. The number of Topliss-reactive ketones (excluding diaryl/α,β-unsaturated/α-hetero) is 1. The molecule has 1 atom stereocenters. The van der Waals surface area contributed by atoms with Crippen LogP contribution < -0.4 is 5.32 Å². The van der Waals surface area contributed by atoms with Crippen LogP contribution in [0.1, 0.15) is 37.6 Å². The summed E-state index contributed by atoms with van der Waals surface area (Å²) < 4.78 is 12.8. The molecule has 1 unspecified atom stereocenters. The van der Waals surface area contributed by atoms with Gasteiger partial charge in [0.15, 0.2) is 5.78 Å². The molecule has 0 aliphatic carbocycles. The van der Waals surface area contributed by atoms with Crippen LogP contribution in [0.2, 0.25) is 0 Å². The minimum absolute atomic E-state index is 0.0366. The van der Waals surface area contributed by atoms with Gasteiger partial charge in [-0.15, -0.1) is 0 Å². The molecule has 0 bridgehead atoms. The highest BCUT2D eigenvalue weighted by Crippen LogP contribution is 2.27. The van der Waals surface area contributed by atoms with Crippen molar-refractivity contribution in [1.29, 1.82) is 0 Å². The third-order valence-electron chi connectivity index (χ3n) is 3.77. The lowest BCUT2D eigenvalue weighted by Gasteiger charge is -2.33. The van der Waals surface area contributed by atoms with Gasteiger partial charge < -0.3 is 5.32 Å². The van der Waals surface area contributed by atoms with E-state index in [1.165, 1.54) is 24.3 Å². The quantitative estimate of drug-likeness (QED) is 0.862. The van der Waals surface area contributed by atoms with E-state index in [4.69, 9.17) is 0 Å². The Bertz CT molecular complexity index is 514. The largest absolute Gasteiger partial charge is 0.373 e. The van der Waals surface area contributed by atoms with Gasteiger partial charge in [-0.3, -0.25) is 9.79 Å². The molecule has 0 saturated carbocycles. The Morgan fingerprint density at radius 1 is 1.35 bits per heavy atom. The van der Waals surface area contributed by atoms with Crippen molar-refractivity contribution in [3.8, 4) is 0 Å². The van der Waals surface area contributed by atoms with E-state index >= 15 is 0 Å². The molecule has 3 nitrogen and oxygen atoms in total. The smallest absolute Gasteiger partial charge is 0.170 e. The van der Waals surface area contributed by atoms with Gasteiger partial charge in [0.1, 0.15) is 11.7 Å². The number of ketones is 1. The second kappa shape index (κ2) is 5.73. The number of rotatable bonds is 3. The maximum absolute atomic E-state index is 12.8. The molecule has 1 heterocycles. The molecule has 1 aromatic rings. The minimum atomic E-state index is -0.331. The number of hydrogen-bond donors (Lipinski definition) is 1. The number of carbonyl (C=O) groups excluding carboxylic acids is 1. The summed E-state index contributed by atoms with van der Waals surface area (Å²) in [7, 11) is 0. The number of carbonyl (C=O) groups is 1. The van der Waals surface area contributed by atoms with Gasteiger partial charge in [0.2, 0.25) is 0 Å². The molecule has 20 heavy (non-hydrogen) atoms. The van der Waals surface area contributed by atoms with Gasteiger partial charge in [0.25, 0.3) is 0 Å². The van der Waals surface area contributed by atoms with Crippen LogP contribution in [-0.4, -0.2) is 24.7 Å². The van der Waals surface area contributed by atoms with Crippen LogP contribution >= 0.6 is 0 Å². The summed E-state index contributed by atoms with van der Waals surface area (Å²) in [6, 6.07) is 5.63. The van der Waals surface area contributed by atoms with E-state index in [0.29, 0.717) is 11.5 Å². The van der Waals surface area contributed by atoms with E-state index in [0.717, 1.165) is 18.9 Å². The number of hydrogen-bond acceptors (Lipinski definition) is 3. The molecule has 0 aromatic heterocycles. The van der Waals surface area contributed by atoms with Crippen LogP contribution in [0.25, 0.3) is 0 Å². The van der Waals surface area contributed by atoms with E-state index in [-0.39, 0.29) is 23.4 Å². The lowest BCUT2D eigenvalue weighted by Crippen LogP contribution is -2.42. The molecule has 108 valence electrons. The molecule has 0 spiro atoms. The SMILES string of the molecule is CC(C)(C)C1CN=C(CC(=O)c2ccc(F)cc2)NC1. The lowest BCUT2D eigenvalue weighted by atomic mass is 9.80. The Kier molecular flexibility index (Phi) is 4.21. The van der Waals surface area contributed by atoms with E-state index in [9.17, 15) is 9.18 Å². The van der Waals surface area contributed by atoms with Crippen LogP contribution in [0.15, 0.2) is 29.3 Å². The van der Waals surface area contributed by atoms with Crippen molar-refractivity contribution in [1.82, 2.24) is 5.32 Å². The van der Waals surface area contributed by atoms with Crippen molar-refractivity contribution in [3.05, 3.63) is 35.6 Å². The highest BCUT2D eigenvalue weighted by atomic mass is 19.1. The number of aliphatic imine (C=N–C) groups is 1. The maximum Gasteiger partial charge on any atom is 0.170 e. The summed E-state index contributed by atoms with van der Waals surface area (Å²) in [6.45, 7) is 8.19. The Morgan fingerprint density at radius 2 is 2.00 bits per heavy atom. The van der Waals surface area contributed by atoms with Crippen molar-refractivity contribution in [2.24, 2.45) is 16.3 Å². The number of benzene rings is 1. The van der Waals surface area contributed by atoms with Crippen molar-refractivity contribution in [2.75, 3.05) is 13.1 Å². The second-order valence-electron chi connectivity index (χ2n) is 6.34. The summed E-state index contributed by atoms with van der Waals surface area (Å²) >= 11 is 0. The first-order chi connectivity index (χ1) is 9.36. The Morgan fingerprint density at radius 3 is 2.50 bits per heavy atom. The van der Waals surface area contributed by atoms with E-state index in [1.807, 2.05) is 0 Å². The zero-order valence-electron chi connectivity index (χ0n) is 12.2. The molecule has 2 rings (SSSR count). The molecular weight excluding hydrogens is 255 g/mol. The first-order valence-electron chi connectivity index (χ1n) is 6.92. The van der Waals surface area contributed by atoms with E-state index < -0.39 is 0 Å². The minimum Gasteiger partial charge on any atom is -0.373 e. The van der Waals surface area contributed by atoms with Crippen molar-refractivity contribution in [3.63, 3.8) is 0 Å². The topological polar surface area (TPSA) is 41.5 Å². The van der Waals surface area contributed by atoms with Crippen LogP contribution in [0, 0.1) is 17.2 Å². The van der Waals surface area contributed by atoms with Crippen LogP contribution in [-0.2, 0) is 0 Å². The first kappa shape index (κ1) is 14.7. The van der Waals surface area contributed by atoms with Gasteiger partial charge in [-0.25, -0.2) is 4.39 Å². The zero-order chi connectivity index (χ0) is 14.8. The summed E-state index contributed by atoms with van der Waals surface area (Å²) in [5.74, 6) is 0.847. The Balaban J connectivity index is 1.96. The normalized spacial score (nSPS) is 19.2. The zero-order valence-corrected chi connectivity index (χ0v) is 12.2. The monoisotopic (exact) mass is 276 g/mol. The predicted octanol–water partition coefficient (Wildman–Crippen LogP) is 3.06. The van der Waals surface area contributed by atoms with Crippen LogP contribution in [0.5, 0.6) is 0 Å². The molecule has 1 aliphatic rings. The number of amidine groups is 1. The standard InChI is InChI=1S/C16H21FN2O/c1-16(2,3)12-9-18-15(19-10-12)8-14(20)11-4-6-13(17)7-5-11/h4-7,12H,8-10H2,1-3H3,(H,18,19). The second-order valence-corrected chi connectivity index (χ2v) is 6.34. The van der Waals surface area contributed by atoms with Crippen LogP contribution in [0.3, 0.4) is 0 Å². The van der Waals surface area contributed by atoms with Gasteiger partial charge in [0.05, 0.1) is 6.42 Å². The Labute approximate surface area is 119 Å². The lowest BCUT2D eigenvalue weighted by molar-refractivity contribution is 0.0999. The fraction of sp³-hybridized carbons (Fsp3) is 0.500. The molecule has 0 amide bonds. The molecule has 1 N–H and O–H groups in total. The average molecular weight is 276 g/mol. The molecule has 1 aromatic carbocycles. The molecule has 0 saturated heterocycles. The highest BCUT2D eigenvalue weighted by molar-refractivity contribution is 6.09. The fourth-order valence-electron chi connectivity index (χ4n) is 2.17. The number of halogens is 1. The van der Waals surface area contributed by atoms with Gasteiger partial charge in [-0.05, 0) is 29.7 Å². The third-order valence-corrected chi connectivity index (χ3v) is 3.77. The van der Waals surface area contributed by atoms with Gasteiger partial charge in [-0.1, -0.05) is 20.8 Å². The summed E-state index contributed by atoms with van der Waals surface area (Å²) in [6.07, 6.45) is 0.252. The highest BCUT2D eigenvalue weighted by Gasteiger charge is 2.27. The molecule has 1 aliphatic heterocycles. The molecular formula is C16H21FN2O. The molecule has 4 heteroatoms. The summed E-state index contributed by atoms with van der Waals surface area (Å²) in [5, 5.41) is 3.24. The first-order valence-corrected chi connectivity index (χ1v) is 6.92. The fourth-order valence-corrected chi connectivity index (χ4v) is 2.17. The van der Waals surface area contributed by atoms with Crippen molar-refractivity contribution in [2.45, 2.75) is 27.2 Å². The van der Waals surface area contributed by atoms with Gasteiger partial charge in [-0.2, -0.15) is 0 Å². The average Bonchev–Trinajstić information content (AvgIpc) is 2.39. The predicted molar refractivity (Wildman–Crippen MR) is 78.6 cm³/mol. The van der Waals surface area contributed by atoms with Gasteiger partial charge in [0, 0.05) is 24.6 Å². The van der Waals surface area contributed by atoms with Gasteiger partial charge >= 0.3 is 0 Å². The molecule has 0 fully saturated rings. The maximum atomic E-state index is 12.8. The van der Waals surface area contributed by atoms with E-state index in [1.54, 1.807) is 0 Å².